The van der Waals surface area contributed by atoms with Crippen molar-refractivity contribution in [3.63, 3.8) is 0 Å². The second-order valence-corrected chi connectivity index (χ2v) is 11.1. The van der Waals surface area contributed by atoms with E-state index < -0.39 is 6.35 Å². The average Bonchev–Trinajstić information content (AvgIpc) is 3.27. The third-order valence-electron chi connectivity index (χ3n) is 8.22. The number of para-hydroxylation sites is 2. The van der Waals surface area contributed by atoms with Crippen molar-refractivity contribution < 1.29 is 9.90 Å². The van der Waals surface area contributed by atoms with Gasteiger partial charge in [-0.15, -0.1) is 0 Å². The second-order valence-electron chi connectivity index (χ2n) is 11.1. The summed E-state index contributed by atoms with van der Waals surface area (Å²) in [5, 5.41) is 15.0. The highest BCUT2D eigenvalue weighted by atomic mass is 16.3. The maximum absolute atomic E-state index is 13.8. The number of hydrogen-bond donors (Lipinski definition) is 3. The molecule has 6 nitrogen and oxygen atoms in total. The van der Waals surface area contributed by atoms with Crippen molar-refractivity contribution >= 4 is 22.5 Å². The zero-order valence-electron chi connectivity index (χ0n) is 21.8. The number of nitrogens with one attached hydrogen (secondary N) is 2. The number of aliphatic hydroxyl groups excluding tert-OH is 1. The van der Waals surface area contributed by atoms with Gasteiger partial charge in [-0.3, -0.25) is 9.69 Å². The minimum Gasteiger partial charge on any atom is -0.361 e. The number of benzene rings is 2. The molecule has 0 saturated heterocycles. The molecule has 5 rings (SSSR count). The normalized spacial score (nSPS) is 23.2. The maximum atomic E-state index is 13.8. The van der Waals surface area contributed by atoms with Crippen molar-refractivity contribution in [2.75, 3.05) is 25.5 Å². The summed E-state index contributed by atoms with van der Waals surface area (Å²) in [5.41, 5.74) is 4.71. The molecule has 1 aliphatic heterocycles. The van der Waals surface area contributed by atoms with Crippen LogP contribution in [0.15, 0.2) is 54.6 Å². The Kier molecular flexibility index (Phi) is 7.35. The number of H-pyrrole nitrogens is 1. The number of aliphatic hydroxyl groups is 1. The summed E-state index contributed by atoms with van der Waals surface area (Å²) in [6, 6.07) is 18.4. The van der Waals surface area contributed by atoms with Gasteiger partial charge >= 0.3 is 0 Å². The maximum Gasteiger partial charge on any atom is 0.226 e. The van der Waals surface area contributed by atoms with E-state index in [0.717, 1.165) is 50.9 Å². The third-order valence-corrected chi connectivity index (χ3v) is 8.22. The number of hydrogen-bond acceptors (Lipinski definition) is 4. The SMILES string of the molecule is CC(C)C1c2[nH]c3ccccc3c2CCN1C(=O)C1CCC(CN(C)C(O)Nc2ccccc2)CC1. The quantitative estimate of drug-likeness (QED) is 0.391. The molecule has 0 spiro atoms. The number of amides is 1. The Labute approximate surface area is 214 Å². The predicted octanol–water partition coefficient (Wildman–Crippen LogP) is 5.38. The molecule has 192 valence electrons. The standard InChI is InChI=1S/C30H40N4O2/c1-20(2)28-27-25(24-11-7-8-12-26(24)32-27)17-18-34(28)29(35)22-15-13-21(14-16-22)19-33(3)30(36)31-23-9-5-4-6-10-23/h4-12,20-22,28,30-32,36H,13-19H2,1-3H3. The van der Waals surface area contributed by atoms with Crippen LogP contribution in [0, 0.1) is 17.8 Å². The van der Waals surface area contributed by atoms with Gasteiger partial charge in [0, 0.05) is 41.3 Å². The van der Waals surface area contributed by atoms with E-state index in [2.05, 4.69) is 53.3 Å². The Bertz CT molecular complexity index is 1170. The van der Waals surface area contributed by atoms with Gasteiger partial charge in [0.15, 0.2) is 6.35 Å². The van der Waals surface area contributed by atoms with Gasteiger partial charge in [0.25, 0.3) is 0 Å². The largest absolute Gasteiger partial charge is 0.361 e. The first-order valence-electron chi connectivity index (χ1n) is 13.5. The number of aromatic nitrogens is 1. The molecule has 2 aliphatic rings. The highest BCUT2D eigenvalue weighted by Crippen LogP contribution is 2.40. The first-order valence-corrected chi connectivity index (χ1v) is 13.5. The van der Waals surface area contributed by atoms with Crippen molar-refractivity contribution in [2.24, 2.45) is 17.8 Å². The summed E-state index contributed by atoms with van der Waals surface area (Å²) in [4.78, 5) is 21.6. The highest BCUT2D eigenvalue weighted by molar-refractivity contribution is 5.86. The molecule has 2 aromatic carbocycles. The molecule has 1 aliphatic carbocycles. The molecular formula is C30H40N4O2. The summed E-state index contributed by atoms with van der Waals surface area (Å²) in [5.74, 6) is 1.28. The van der Waals surface area contributed by atoms with E-state index in [4.69, 9.17) is 0 Å². The summed E-state index contributed by atoms with van der Waals surface area (Å²) < 4.78 is 0. The lowest BCUT2D eigenvalue weighted by molar-refractivity contribution is -0.141. The van der Waals surface area contributed by atoms with Crippen molar-refractivity contribution in [2.45, 2.75) is 58.3 Å². The van der Waals surface area contributed by atoms with E-state index in [9.17, 15) is 9.90 Å². The Morgan fingerprint density at radius 2 is 1.78 bits per heavy atom. The Hall–Kier alpha value is -2.83. The van der Waals surface area contributed by atoms with E-state index in [1.807, 2.05) is 42.3 Å². The number of carbonyl (C=O) groups is 1. The van der Waals surface area contributed by atoms with Gasteiger partial charge in [0.05, 0.1) is 6.04 Å². The zero-order valence-corrected chi connectivity index (χ0v) is 21.8. The molecule has 3 N–H and O–H groups in total. The second kappa shape index (κ2) is 10.7. The van der Waals surface area contributed by atoms with Crippen LogP contribution in [0.3, 0.4) is 0 Å². The van der Waals surface area contributed by atoms with Crippen LogP contribution in [0.2, 0.25) is 0 Å². The van der Waals surface area contributed by atoms with Crippen LogP contribution >= 0.6 is 0 Å². The van der Waals surface area contributed by atoms with E-state index in [1.54, 1.807) is 0 Å². The molecule has 1 saturated carbocycles. The first-order chi connectivity index (χ1) is 17.4. The van der Waals surface area contributed by atoms with Gasteiger partial charge in [0.1, 0.15) is 0 Å². The highest BCUT2D eigenvalue weighted by Gasteiger charge is 2.38. The van der Waals surface area contributed by atoms with Gasteiger partial charge in [-0.25, -0.2) is 0 Å². The van der Waals surface area contributed by atoms with Crippen LogP contribution in [0.1, 0.15) is 56.8 Å². The van der Waals surface area contributed by atoms with E-state index in [-0.39, 0.29) is 12.0 Å². The van der Waals surface area contributed by atoms with E-state index in [1.165, 1.54) is 22.2 Å². The number of rotatable bonds is 7. The summed E-state index contributed by atoms with van der Waals surface area (Å²) in [7, 11) is 1.96. The summed E-state index contributed by atoms with van der Waals surface area (Å²) >= 11 is 0. The van der Waals surface area contributed by atoms with Gasteiger partial charge in [-0.1, -0.05) is 50.2 Å². The molecule has 2 atom stereocenters. The van der Waals surface area contributed by atoms with Crippen molar-refractivity contribution in [1.82, 2.24) is 14.8 Å². The summed E-state index contributed by atoms with van der Waals surface area (Å²) in [6.45, 7) is 6.08. The smallest absolute Gasteiger partial charge is 0.226 e. The van der Waals surface area contributed by atoms with Crippen molar-refractivity contribution in [3.05, 3.63) is 65.9 Å². The Morgan fingerprint density at radius 1 is 1.08 bits per heavy atom. The fourth-order valence-electron chi connectivity index (χ4n) is 6.34. The molecule has 0 radical (unpaired) electrons. The fraction of sp³-hybridized carbons (Fsp3) is 0.500. The lowest BCUT2D eigenvalue weighted by Gasteiger charge is -2.41. The molecule has 36 heavy (non-hydrogen) atoms. The molecule has 2 heterocycles. The van der Waals surface area contributed by atoms with E-state index >= 15 is 0 Å². The monoisotopic (exact) mass is 488 g/mol. The predicted molar refractivity (Wildman–Crippen MR) is 145 cm³/mol. The Morgan fingerprint density at radius 3 is 2.50 bits per heavy atom. The van der Waals surface area contributed by atoms with Gasteiger partial charge in [0.2, 0.25) is 5.91 Å². The molecule has 6 heteroatoms. The zero-order chi connectivity index (χ0) is 25.2. The van der Waals surface area contributed by atoms with Gasteiger partial charge in [-0.2, -0.15) is 0 Å². The van der Waals surface area contributed by atoms with Gasteiger partial charge in [-0.05, 0) is 74.8 Å². The minimum atomic E-state index is -0.725. The van der Waals surface area contributed by atoms with Crippen LogP contribution in [-0.4, -0.2) is 52.3 Å². The molecule has 1 amide bonds. The number of fused-ring (bicyclic) bond motifs is 3. The molecule has 1 aromatic heterocycles. The first kappa shape index (κ1) is 24.8. The van der Waals surface area contributed by atoms with Crippen LogP contribution in [0.25, 0.3) is 10.9 Å². The fourth-order valence-corrected chi connectivity index (χ4v) is 6.34. The lowest BCUT2D eigenvalue weighted by Crippen LogP contribution is -2.46. The van der Waals surface area contributed by atoms with Crippen LogP contribution in [0.5, 0.6) is 0 Å². The number of nitrogens with zero attached hydrogens (tertiary/aromatic N) is 2. The van der Waals surface area contributed by atoms with Crippen LogP contribution in [-0.2, 0) is 11.2 Å². The van der Waals surface area contributed by atoms with Crippen molar-refractivity contribution in [3.8, 4) is 0 Å². The topological polar surface area (TPSA) is 71.6 Å². The number of anilines is 1. The van der Waals surface area contributed by atoms with Crippen LogP contribution in [0.4, 0.5) is 5.69 Å². The van der Waals surface area contributed by atoms with Crippen molar-refractivity contribution in [1.29, 1.82) is 0 Å². The molecule has 2 unspecified atom stereocenters. The number of aromatic amines is 1. The molecular weight excluding hydrogens is 448 g/mol. The molecule has 3 aromatic rings. The lowest BCUT2D eigenvalue weighted by atomic mass is 9.80. The number of carbonyl (C=O) groups excluding carboxylic acids is 1. The summed E-state index contributed by atoms with van der Waals surface area (Å²) in [6.07, 6.45) is 4.10. The molecule has 1 fully saturated rings. The third kappa shape index (κ3) is 5.02. The Balaban J connectivity index is 1.19. The average molecular weight is 489 g/mol. The minimum absolute atomic E-state index is 0.103. The van der Waals surface area contributed by atoms with E-state index in [0.29, 0.717) is 17.7 Å². The molecule has 0 bridgehead atoms. The van der Waals surface area contributed by atoms with Gasteiger partial charge < -0.3 is 20.3 Å². The van der Waals surface area contributed by atoms with Crippen LogP contribution < -0.4 is 5.32 Å².